The van der Waals surface area contributed by atoms with Crippen LogP contribution in [0, 0.1) is 10.1 Å². The van der Waals surface area contributed by atoms with Gasteiger partial charge in [-0.25, -0.2) is 10.2 Å². The number of benzene rings is 2. The smallest absolute Gasteiger partial charge is 0.338 e. The van der Waals surface area contributed by atoms with Crippen LogP contribution in [0.5, 0.6) is 5.75 Å². The van der Waals surface area contributed by atoms with E-state index in [0.29, 0.717) is 54.0 Å². The fourth-order valence-corrected chi connectivity index (χ4v) is 4.71. The number of amides is 1. The molecule has 0 radical (unpaired) electrons. The van der Waals surface area contributed by atoms with Crippen molar-refractivity contribution in [2.24, 2.45) is 5.10 Å². The molecule has 0 aromatic heterocycles. The number of anilines is 1. The van der Waals surface area contributed by atoms with Gasteiger partial charge in [0.25, 0.3) is 11.6 Å². The van der Waals surface area contributed by atoms with Crippen LogP contribution in [0.2, 0.25) is 0 Å². The fraction of sp³-hybridized carbons (Fsp3) is 0.333. The summed E-state index contributed by atoms with van der Waals surface area (Å²) in [6, 6.07) is 11.0. The molecule has 2 aromatic rings. The lowest BCUT2D eigenvalue weighted by Crippen LogP contribution is -2.45. The summed E-state index contributed by atoms with van der Waals surface area (Å²) in [7, 11) is 0. The molecular formula is C27H30N6O7S. The number of para-hydroxylation sites is 1. The molecule has 13 nitrogen and oxygen atoms in total. The zero-order chi connectivity index (χ0) is 29.4. The third kappa shape index (κ3) is 7.35. The van der Waals surface area contributed by atoms with Gasteiger partial charge in [-0.3, -0.25) is 14.9 Å². The number of morpholine rings is 1. The Morgan fingerprint density at radius 1 is 1.27 bits per heavy atom. The van der Waals surface area contributed by atoms with Gasteiger partial charge in [0.1, 0.15) is 5.75 Å². The summed E-state index contributed by atoms with van der Waals surface area (Å²) in [6.07, 6.45) is 1.23. The number of nitrogens with one attached hydrogen (secondary N) is 3. The standard InChI is InChI=1S/C27H30N6O7S/c1-3-39-26(35)24-17(2)29-27(41)30-25(24)20-6-4-5-7-22(20)40-16-23(34)31-28-15-18-14-19(8-9-21(18)33(36)37)32-10-12-38-13-11-32/h4-9,14-15,25H,3,10-13,16H2,1-2H3,(H,31,34)(H2,29,30,41)/t25-/m1/s1. The molecule has 2 heterocycles. The van der Waals surface area contributed by atoms with Crippen LogP contribution in [0.15, 0.2) is 58.8 Å². The molecule has 1 saturated heterocycles. The largest absolute Gasteiger partial charge is 0.483 e. The summed E-state index contributed by atoms with van der Waals surface area (Å²) >= 11 is 5.29. The summed E-state index contributed by atoms with van der Waals surface area (Å²) in [6.45, 7) is 5.71. The topological polar surface area (TPSA) is 157 Å². The minimum absolute atomic E-state index is 0.140. The molecule has 2 aliphatic rings. The second-order valence-corrected chi connectivity index (χ2v) is 9.42. The number of carbonyl (C=O) groups is 2. The quantitative estimate of drug-likeness (QED) is 0.124. The van der Waals surface area contributed by atoms with Crippen molar-refractivity contribution >= 4 is 46.8 Å². The number of ether oxygens (including phenoxy) is 3. The number of esters is 1. The SMILES string of the molecule is CCOC(=O)C1=C(C)NC(=S)N[C@@H]1c1ccccc1OCC(=O)NN=Cc1cc(N2CCOCC2)ccc1[N+](=O)[O-]. The molecule has 0 bridgehead atoms. The molecule has 4 rings (SSSR count). The van der Waals surface area contributed by atoms with Gasteiger partial charge in [0.05, 0.1) is 48.1 Å². The summed E-state index contributed by atoms with van der Waals surface area (Å²) in [5.74, 6) is -0.752. The van der Waals surface area contributed by atoms with Gasteiger partial charge < -0.3 is 29.7 Å². The predicted octanol–water partition coefficient (Wildman–Crippen LogP) is 2.32. The van der Waals surface area contributed by atoms with Crippen molar-refractivity contribution in [3.63, 3.8) is 0 Å². The molecule has 0 unspecified atom stereocenters. The predicted molar refractivity (Wildman–Crippen MR) is 155 cm³/mol. The first-order valence-corrected chi connectivity index (χ1v) is 13.3. The van der Waals surface area contributed by atoms with E-state index in [1.807, 2.05) is 0 Å². The number of nitro benzene ring substituents is 1. The van der Waals surface area contributed by atoms with Gasteiger partial charge in [-0.2, -0.15) is 5.10 Å². The molecule has 0 spiro atoms. The van der Waals surface area contributed by atoms with E-state index in [1.54, 1.807) is 50.2 Å². The third-order valence-electron chi connectivity index (χ3n) is 6.33. The van der Waals surface area contributed by atoms with Crippen LogP contribution in [-0.2, 0) is 19.1 Å². The number of hydrazone groups is 1. The molecule has 1 fully saturated rings. The number of rotatable bonds is 10. The van der Waals surface area contributed by atoms with Crippen LogP contribution in [0.3, 0.4) is 0 Å². The Morgan fingerprint density at radius 3 is 2.76 bits per heavy atom. The van der Waals surface area contributed by atoms with Crippen LogP contribution in [0.4, 0.5) is 11.4 Å². The number of nitro groups is 1. The minimum atomic E-state index is -0.667. The van der Waals surface area contributed by atoms with E-state index in [9.17, 15) is 19.7 Å². The highest BCUT2D eigenvalue weighted by atomic mass is 32.1. The third-order valence-corrected chi connectivity index (χ3v) is 6.55. The molecule has 0 aliphatic carbocycles. The highest BCUT2D eigenvalue weighted by molar-refractivity contribution is 7.80. The summed E-state index contributed by atoms with van der Waals surface area (Å²) < 4.78 is 16.4. The number of hydrogen-bond donors (Lipinski definition) is 3. The van der Waals surface area contributed by atoms with E-state index in [2.05, 4.69) is 26.1 Å². The van der Waals surface area contributed by atoms with E-state index < -0.39 is 29.4 Å². The van der Waals surface area contributed by atoms with Gasteiger partial charge in [0, 0.05) is 36.1 Å². The average molecular weight is 583 g/mol. The summed E-state index contributed by atoms with van der Waals surface area (Å²) in [4.78, 5) is 38.3. The Hall–Kier alpha value is -4.56. The van der Waals surface area contributed by atoms with Gasteiger partial charge in [-0.1, -0.05) is 18.2 Å². The highest BCUT2D eigenvalue weighted by Crippen LogP contribution is 2.33. The summed E-state index contributed by atoms with van der Waals surface area (Å²) in [5.41, 5.74) is 4.70. The second kappa shape index (κ2) is 13.7. The van der Waals surface area contributed by atoms with Crippen molar-refractivity contribution in [3.8, 4) is 5.75 Å². The number of hydrogen-bond acceptors (Lipinski definition) is 10. The van der Waals surface area contributed by atoms with Crippen molar-refractivity contribution in [1.29, 1.82) is 0 Å². The lowest BCUT2D eigenvalue weighted by atomic mass is 9.95. The number of nitrogens with zero attached hydrogens (tertiary/aromatic N) is 3. The highest BCUT2D eigenvalue weighted by Gasteiger charge is 2.32. The first-order chi connectivity index (χ1) is 19.8. The van der Waals surface area contributed by atoms with Crippen molar-refractivity contribution in [2.45, 2.75) is 19.9 Å². The van der Waals surface area contributed by atoms with E-state index in [-0.39, 0.29) is 17.9 Å². The Morgan fingerprint density at radius 2 is 2.02 bits per heavy atom. The van der Waals surface area contributed by atoms with E-state index in [0.717, 1.165) is 5.69 Å². The fourth-order valence-electron chi connectivity index (χ4n) is 4.44. The van der Waals surface area contributed by atoms with Gasteiger partial charge in [0.15, 0.2) is 11.7 Å². The molecule has 216 valence electrons. The molecule has 2 aromatic carbocycles. The maximum atomic E-state index is 12.7. The van der Waals surface area contributed by atoms with E-state index in [1.165, 1.54) is 12.3 Å². The normalized spacial score (nSPS) is 17.1. The molecular weight excluding hydrogens is 552 g/mol. The maximum Gasteiger partial charge on any atom is 0.338 e. The molecule has 2 aliphatic heterocycles. The Labute approximate surface area is 241 Å². The van der Waals surface area contributed by atoms with Gasteiger partial charge in [0.2, 0.25) is 0 Å². The van der Waals surface area contributed by atoms with Gasteiger partial charge in [-0.15, -0.1) is 0 Å². The Balaban J connectivity index is 1.45. The first kappa shape index (κ1) is 29.4. The maximum absolute atomic E-state index is 12.7. The van der Waals surface area contributed by atoms with E-state index in [4.69, 9.17) is 26.4 Å². The van der Waals surface area contributed by atoms with Crippen molar-refractivity contribution in [3.05, 3.63) is 75.0 Å². The van der Waals surface area contributed by atoms with Crippen molar-refractivity contribution in [1.82, 2.24) is 16.1 Å². The number of allylic oxidation sites excluding steroid dienone is 1. The molecule has 41 heavy (non-hydrogen) atoms. The monoisotopic (exact) mass is 582 g/mol. The van der Waals surface area contributed by atoms with Crippen LogP contribution in [-0.4, -0.2) is 67.6 Å². The number of thiocarbonyl (C=S) groups is 1. The number of carbonyl (C=O) groups excluding carboxylic acids is 2. The Kier molecular flexibility index (Phi) is 9.81. The van der Waals surface area contributed by atoms with Crippen LogP contribution >= 0.6 is 12.2 Å². The second-order valence-electron chi connectivity index (χ2n) is 9.01. The Bertz CT molecular complexity index is 1390. The molecule has 1 amide bonds. The summed E-state index contributed by atoms with van der Waals surface area (Å²) in [5, 5.41) is 21.8. The zero-order valence-electron chi connectivity index (χ0n) is 22.5. The molecule has 0 saturated carbocycles. The zero-order valence-corrected chi connectivity index (χ0v) is 23.4. The molecule has 1 atom stereocenters. The van der Waals surface area contributed by atoms with Crippen molar-refractivity contribution < 1.29 is 28.7 Å². The first-order valence-electron chi connectivity index (χ1n) is 12.9. The minimum Gasteiger partial charge on any atom is -0.483 e. The lowest BCUT2D eigenvalue weighted by Gasteiger charge is -2.30. The van der Waals surface area contributed by atoms with Crippen LogP contribution < -0.4 is 25.7 Å². The van der Waals surface area contributed by atoms with Gasteiger partial charge in [-0.05, 0) is 44.3 Å². The molecule has 3 N–H and O–H groups in total. The van der Waals surface area contributed by atoms with Crippen LogP contribution in [0.25, 0.3) is 0 Å². The van der Waals surface area contributed by atoms with Gasteiger partial charge >= 0.3 is 5.97 Å². The lowest BCUT2D eigenvalue weighted by molar-refractivity contribution is -0.385. The van der Waals surface area contributed by atoms with E-state index >= 15 is 0 Å². The van der Waals surface area contributed by atoms with Crippen LogP contribution in [0.1, 0.15) is 31.0 Å². The van der Waals surface area contributed by atoms with Crippen molar-refractivity contribution in [2.75, 3.05) is 44.4 Å². The average Bonchev–Trinajstić information content (AvgIpc) is 2.96. The molecule has 14 heteroatoms.